The highest BCUT2D eigenvalue weighted by molar-refractivity contribution is 6.36. The number of rotatable bonds is 5. The molecule has 9 rings (SSSR count). The average Bonchev–Trinajstić information content (AvgIpc) is 3.67. The Morgan fingerprint density at radius 2 is 1.23 bits per heavy atom. The first kappa shape index (κ1) is 30.4. The summed E-state index contributed by atoms with van der Waals surface area (Å²) in [5.74, 6) is -0.832. The first-order valence-electron chi connectivity index (χ1n) is 16.5. The molecule has 0 saturated heterocycles. The number of pyridine rings is 2. The van der Waals surface area contributed by atoms with E-state index in [9.17, 15) is 14.9 Å². The number of carbonyl (C=O) groups is 2. The number of para-hydroxylation sites is 1. The molecule has 0 radical (unpaired) electrons. The summed E-state index contributed by atoms with van der Waals surface area (Å²) in [4.78, 5) is 42.6. The number of fused-ring (bicyclic) bond motifs is 4. The van der Waals surface area contributed by atoms with Crippen molar-refractivity contribution in [2.24, 2.45) is 0 Å². The van der Waals surface area contributed by atoms with Crippen LogP contribution < -0.4 is 4.90 Å². The molecule has 0 bridgehead atoms. The second kappa shape index (κ2) is 12.0. The fraction of sp³-hybridized carbons (Fsp3) is 0. The molecule has 8 heteroatoms. The van der Waals surface area contributed by atoms with Crippen molar-refractivity contribution < 1.29 is 9.59 Å². The van der Waals surface area contributed by atoms with E-state index in [4.69, 9.17) is 6.57 Å². The summed E-state index contributed by atoms with van der Waals surface area (Å²) in [6.45, 7) is 7.77. The molecule has 4 heterocycles. The van der Waals surface area contributed by atoms with E-state index >= 15 is 0 Å². The van der Waals surface area contributed by atoms with Gasteiger partial charge in [0.15, 0.2) is 5.69 Å². The minimum Gasteiger partial charge on any atom is -0.308 e. The molecule has 0 N–H and O–H groups in total. The molecule has 52 heavy (non-hydrogen) atoms. The van der Waals surface area contributed by atoms with Gasteiger partial charge >= 0.3 is 0 Å². The van der Waals surface area contributed by atoms with Gasteiger partial charge < -0.3 is 4.57 Å². The third-order valence-corrected chi connectivity index (χ3v) is 9.61. The first-order chi connectivity index (χ1) is 25.6. The van der Waals surface area contributed by atoms with Gasteiger partial charge in [0.2, 0.25) is 0 Å². The first-order valence-corrected chi connectivity index (χ1v) is 16.5. The fourth-order valence-corrected chi connectivity index (χ4v) is 7.25. The molecule has 242 valence electrons. The van der Waals surface area contributed by atoms with E-state index < -0.39 is 11.8 Å². The van der Waals surface area contributed by atoms with Gasteiger partial charge in [-0.2, -0.15) is 5.26 Å². The van der Waals surface area contributed by atoms with Crippen LogP contribution in [0.2, 0.25) is 0 Å². The molecular weight excluding hydrogens is 645 g/mol. The van der Waals surface area contributed by atoms with E-state index in [0.29, 0.717) is 39.3 Å². The van der Waals surface area contributed by atoms with Gasteiger partial charge in [-0.15, -0.1) is 0 Å². The lowest BCUT2D eigenvalue weighted by atomic mass is 10.0. The second-order valence-electron chi connectivity index (χ2n) is 12.4. The van der Waals surface area contributed by atoms with Crippen molar-refractivity contribution in [3.63, 3.8) is 0 Å². The minimum atomic E-state index is -0.428. The summed E-state index contributed by atoms with van der Waals surface area (Å²) in [6.07, 6.45) is 6.53. The summed E-state index contributed by atoms with van der Waals surface area (Å²) < 4.78 is 2.00. The number of anilines is 1. The van der Waals surface area contributed by atoms with Crippen LogP contribution in [-0.4, -0.2) is 26.3 Å². The van der Waals surface area contributed by atoms with Gasteiger partial charge in [-0.25, -0.2) is 9.74 Å². The van der Waals surface area contributed by atoms with E-state index in [-0.39, 0.29) is 5.56 Å². The van der Waals surface area contributed by atoms with Crippen LogP contribution in [0.4, 0.5) is 11.4 Å². The number of benzene rings is 5. The van der Waals surface area contributed by atoms with Crippen molar-refractivity contribution in [1.82, 2.24) is 14.5 Å². The Hall–Kier alpha value is -7.68. The monoisotopic (exact) mass is 668 g/mol. The zero-order valence-electron chi connectivity index (χ0n) is 27.4. The van der Waals surface area contributed by atoms with Gasteiger partial charge in [0.25, 0.3) is 11.8 Å². The van der Waals surface area contributed by atoms with Crippen molar-refractivity contribution in [2.75, 3.05) is 4.90 Å². The maximum absolute atomic E-state index is 14.7. The van der Waals surface area contributed by atoms with Crippen LogP contribution in [0.1, 0.15) is 26.3 Å². The van der Waals surface area contributed by atoms with E-state index in [1.165, 1.54) is 4.90 Å². The van der Waals surface area contributed by atoms with Crippen LogP contribution >= 0.6 is 0 Å². The lowest BCUT2D eigenvalue weighted by Crippen LogP contribution is -2.30. The predicted molar refractivity (Wildman–Crippen MR) is 201 cm³/mol. The van der Waals surface area contributed by atoms with E-state index in [1.807, 2.05) is 95.6 Å². The van der Waals surface area contributed by atoms with E-state index in [0.717, 1.165) is 44.1 Å². The van der Waals surface area contributed by atoms with Crippen molar-refractivity contribution >= 4 is 45.0 Å². The Bertz CT molecular complexity index is 2760. The molecular formula is C44H24N6O2. The number of hydrogen-bond donors (Lipinski definition) is 0. The molecule has 1 aliphatic heterocycles. The number of hydrogen-bond acceptors (Lipinski definition) is 5. The number of carbonyl (C=O) groups excluding carboxylic acids is 2. The minimum absolute atomic E-state index is 0.285. The molecule has 0 fully saturated rings. The van der Waals surface area contributed by atoms with Gasteiger partial charge in [0.05, 0.1) is 51.7 Å². The average molecular weight is 669 g/mol. The Morgan fingerprint density at radius 1 is 0.596 bits per heavy atom. The van der Waals surface area contributed by atoms with Crippen LogP contribution in [-0.2, 0) is 0 Å². The Balaban J connectivity index is 1.31. The van der Waals surface area contributed by atoms with Crippen molar-refractivity contribution in [1.29, 1.82) is 5.26 Å². The molecule has 0 spiro atoms. The molecule has 0 saturated carbocycles. The molecule has 1 aliphatic rings. The Labute approximate surface area is 297 Å². The predicted octanol–water partition coefficient (Wildman–Crippen LogP) is 9.80. The molecule has 5 aromatic carbocycles. The van der Waals surface area contributed by atoms with E-state index in [1.54, 1.807) is 55.1 Å². The third-order valence-electron chi connectivity index (χ3n) is 9.61. The van der Waals surface area contributed by atoms with Gasteiger partial charge in [0.1, 0.15) is 0 Å². The number of nitriles is 1. The maximum atomic E-state index is 14.7. The van der Waals surface area contributed by atoms with Crippen LogP contribution in [0.3, 0.4) is 0 Å². The quantitative estimate of drug-likeness (QED) is 0.134. The normalized spacial score (nSPS) is 12.2. The van der Waals surface area contributed by atoms with Crippen LogP contribution in [0, 0.1) is 17.9 Å². The van der Waals surface area contributed by atoms with Gasteiger partial charge in [-0.05, 0) is 59.2 Å². The molecule has 8 aromatic rings. The topological polar surface area (TPSA) is 96.2 Å². The lowest BCUT2D eigenvalue weighted by molar-refractivity contribution is 0.0926. The van der Waals surface area contributed by atoms with Crippen molar-refractivity contribution in [3.05, 3.63) is 174 Å². The number of nitrogens with zero attached hydrogens (tertiary/aromatic N) is 6. The largest absolute Gasteiger partial charge is 0.308 e. The molecule has 0 atom stereocenters. The highest BCUT2D eigenvalue weighted by atomic mass is 16.2. The summed E-state index contributed by atoms with van der Waals surface area (Å²) in [6, 6.07) is 40.0. The Kier molecular flexibility index (Phi) is 7.03. The van der Waals surface area contributed by atoms with Crippen LogP contribution in [0.5, 0.6) is 0 Å². The highest BCUT2D eigenvalue weighted by Crippen LogP contribution is 2.42. The molecule has 8 nitrogen and oxygen atoms in total. The zero-order valence-corrected chi connectivity index (χ0v) is 27.4. The number of aromatic nitrogens is 3. The molecule has 2 amide bonds. The van der Waals surface area contributed by atoms with Gasteiger partial charge in [0, 0.05) is 52.3 Å². The van der Waals surface area contributed by atoms with Crippen LogP contribution in [0.15, 0.2) is 146 Å². The number of amides is 2. The Morgan fingerprint density at radius 3 is 1.96 bits per heavy atom. The summed E-state index contributed by atoms with van der Waals surface area (Å²) in [5.41, 5.74) is 8.68. The number of imide groups is 1. The smallest absolute Gasteiger partial charge is 0.268 e. The van der Waals surface area contributed by atoms with Gasteiger partial charge in [-0.3, -0.25) is 19.6 Å². The SMILES string of the molecule is [C-]#[N+]c1ccncc1-c1ccc2c3ccc(-c4cnccc4C#N)cc3n(-c3cccc4c3C(=O)N(c3ccccc3-c3ccccc3)C4=O)c2c1. The third kappa shape index (κ3) is 4.60. The molecule has 0 unspecified atom stereocenters. The molecule has 3 aromatic heterocycles. The fourth-order valence-electron chi connectivity index (χ4n) is 7.25. The maximum Gasteiger partial charge on any atom is 0.268 e. The zero-order chi connectivity index (χ0) is 35.3. The standard InChI is InChI=1S/C44H24N6O2/c1-46-37-19-21-48-26-36(37)29-15-17-33-32-16-14-28(35-25-47-20-18-30(35)24-45)22-40(32)49(41(33)23-29)39-13-7-11-34-42(39)44(52)50(43(34)51)38-12-6-5-10-31(38)27-8-3-2-4-9-27/h2-23,25-26H. The van der Waals surface area contributed by atoms with Crippen molar-refractivity contribution in [2.45, 2.75) is 0 Å². The lowest BCUT2D eigenvalue weighted by Gasteiger charge is -2.19. The summed E-state index contributed by atoms with van der Waals surface area (Å²) >= 11 is 0. The highest BCUT2D eigenvalue weighted by Gasteiger charge is 2.40. The molecule has 0 aliphatic carbocycles. The van der Waals surface area contributed by atoms with Crippen molar-refractivity contribution in [3.8, 4) is 45.1 Å². The van der Waals surface area contributed by atoms with E-state index in [2.05, 4.69) is 20.9 Å². The summed E-state index contributed by atoms with van der Waals surface area (Å²) in [5, 5.41) is 11.7. The second-order valence-corrected chi connectivity index (χ2v) is 12.4. The van der Waals surface area contributed by atoms with Gasteiger partial charge in [-0.1, -0.05) is 78.9 Å². The summed E-state index contributed by atoms with van der Waals surface area (Å²) in [7, 11) is 0. The van der Waals surface area contributed by atoms with Crippen LogP contribution in [0.25, 0.3) is 65.7 Å².